The molecule has 0 radical (unpaired) electrons. The highest BCUT2D eigenvalue weighted by Gasteiger charge is 2.33. The third-order valence-electron chi connectivity index (χ3n) is 5.76. The summed E-state index contributed by atoms with van der Waals surface area (Å²) in [6.45, 7) is 0.563. The first-order valence-corrected chi connectivity index (χ1v) is 11.7. The number of benzene rings is 4. The van der Waals surface area contributed by atoms with Crippen LogP contribution in [0.15, 0.2) is 66.7 Å². The number of aryl methyl sites for hydroxylation is 1. The van der Waals surface area contributed by atoms with Crippen molar-refractivity contribution in [3.05, 3.63) is 107 Å². The van der Waals surface area contributed by atoms with Crippen molar-refractivity contribution >= 4 is 0 Å². The van der Waals surface area contributed by atoms with Crippen molar-refractivity contribution in [1.29, 1.82) is 0 Å². The maximum absolute atomic E-state index is 14.5. The Kier molecular flexibility index (Phi) is 8.13. The van der Waals surface area contributed by atoms with E-state index in [1.54, 1.807) is 0 Å². The Morgan fingerprint density at radius 2 is 1.23 bits per heavy atom. The molecule has 0 saturated heterocycles. The Morgan fingerprint density at radius 3 is 1.85 bits per heavy atom. The number of alkyl halides is 2. The first kappa shape index (κ1) is 27.9. The second-order valence-electron chi connectivity index (χ2n) is 8.60. The molecule has 0 saturated carbocycles. The second kappa shape index (κ2) is 11.3. The Balaban J connectivity index is 1.41. The molecule has 0 aliphatic rings. The Hall–Kier alpha value is -4.08. The molecule has 0 aliphatic heterocycles. The van der Waals surface area contributed by atoms with E-state index in [2.05, 4.69) is 4.74 Å². The predicted molar refractivity (Wildman–Crippen MR) is 129 cm³/mol. The summed E-state index contributed by atoms with van der Waals surface area (Å²) in [6.07, 6.45) is -2.89. The van der Waals surface area contributed by atoms with E-state index in [0.29, 0.717) is 36.6 Å². The van der Waals surface area contributed by atoms with Crippen LogP contribution >= 0.6 is 0 Å². The highest BCUT2D eigenvalue weighted by molar-refractivity contribution is 5.66. The van der Waals surface area contributed by atoms with Crippen molar-refractivity contribution in [3.8, 4) is 33.8 Å². The summed E-state index contributed by atoms with van der Waals surface area (Å²) in [4.78, 5) is 0. The molecule has 4 aromatic rings. The molecule has 0 aromatic heterocycles. The normalized spacial score (nSPS) is 11.5. The van der Waals surface area contributed by atoms with Gasteiger partial charge in [-0.1, -0.05) is 37.6 Å². The quantitative estimate of drug-likeness (QED) is 0.153. The molecule has 4 rings (SSSR count). The first-order chi connectivity index (χ1) is 18.5. The lowest BCUT2D eigenvalue weighted by molar-refractivity contribution is -0.195. The smallest absolute Gasteiger partial charge is 0.432 e. The van der Waals surface area contributed by atoms with Crippen molar-refractivity contribution < 1.29 is 44.6 Å². The van der Waals surface area contributed by atoms with Crippen LogP contribution < -0.4 is 9.47 Å². The van der Waals surface area contributed by atoms with Gasteiger partial charge in [0.1, 0.15) is 17.3 Å². The van der Waals surface area contributed by atoms with Crippen LogP contribution in [0.2, 0.25) is 0 Å². The van der Waals surface area contributed by atoms with E-state index in [9.17, 15) is 35.1 Å². The van der Waals surface area contributed by atoms with Crippen molar-refractivity contribution in [2.24, 2.45) is 0 Å². The fraction of sp³-hybridized carbons (Fsp3) is 0.172. The maximum atomic E-state index is 14.5. The minimum absolute atomic E-state index is 0.00385. The molecule has 10 heteroatoms. The van der Waals surface area contributed by atoms with E-state index in [0.717, 1.165) is 12.1 Å². The van der Waals surface area contributed by atoms with Crippen molar-refractivity contribution in [1.82, 2.24) is 0 Å². The van der Waals surface area contributed by atoms with E-state index in [1.165, 1.54) is 36.4 Å². The maximum Gasteiger partial charge on any atom is 0.432 e. The highest BCUT2D eigenvalue weighted by atomic mass is 19.3. The monoisotopic (exact) mass is 552 g/mol. The van der Waals surface area contributed by atoms with E-state index >= 15 is 0 Å². The Labute approximate surface area is 218 Å². The number of rotatable bonds is 9. The van der Waals surface area contributed by atoms with E-state index in [1.807, 2.05) is 6.92 Å². The summed E-state index contributed by atoms with van der Waals surface area (Å²) in [5, 5.41) is 0. The van der Waals surface area contributed by atoms with Crippen LogP contribution in [0.1, 0.15) is 18.9 Å². The lowest BCUT2D eigenvalue weighted by Gasteiger charge is -2.19. The summed E-state index contributed by atoms with van der Waals surface area (Å²) in [6, 6.07) is 11.9. The standard InChI is InChI=1S/C29H20F8O2/c1-2-3-17-6-10-22(27(34)26(17)33)16-4-7-19(8-5-16)38-15-29(36,37)39-20-9-11-21(23(30)14-20)18-12-24(31)28(35)25(32)13-18/h4-14H,2-3,15H2,1H3. The molecule has 0 spiro atoms. The van der Waals surface area contributed by atoms with E-state index < -0.39 is 53.4 Å². The fourth-order valence-corrected chi connectivity index (χ4v) is 3.88. The number of hydrogen-bond donors (Lipinski definition) is 0. The van der Waals surface area contributed by atoms with Gasteiger partial charge in [-0.15, -0.1) is 0 Å². The predicted octanol–water partition coefficient (Wildman–Crippen LogP) is 8.86. The van der Waals surface area contributed by atoms with Crippen LogP contribution in [0.3, 0.4) is 0 Å². The molecule has 0 heterocycles. The molecule has 0 atom stereocenters. The minimum Gasteiger partial charge on any atom is -0.483 e. The molecule has 0 bridgehead atoms. The molecule has 0 N–H and O–H groups in total. The molecule has 2 nitrogen and oxygen atoms in total. The van der Waals surface area contributed by atoms with Gasteiger partial charge in [-0.3, -0.25) is 0 Å². The average molecular weight is 552 g/mol. The van der Waals surface area contributed by atoms with Gasteiger partial charge < -0.3 is 9.47 Å². The zero-order valence-electron chi connectivity index (χ0n) is 20.3. The van der Waals surface area contributed by atoms with E-state index in [-0.39, 0.29) is 28.0 Å². The summed E-state index contributed by atoms with van der Waals surface area (Å²) in [5.41, 5.74) is -0.135. The van der Waals surface area contributed by atoms with E-state index in [4.69, 9.17) is 4.74 Å². The number of ether oxygens (including phenoxy) is 2. The lowest BCUT2D eigenvalue weighted by atomic mass is 10.0. The summed E-state index contributed by atoms with van der Waals surface area (Å²) >= 11 is 0. The molecular weight excluding hydrogens is 532 g/mol. The van der Waals surface area contributed by atoms with Crippen LogP contribution in [-0.4, -0.2) is 12.7 Å². The fourth-order valence-electron chi connectivity index (χ4n) is 3.88. The third-order valence-corrected chi connectivity index (χ3v) is 5.76. The molecule has 4 aromatic carbocycles. The number of halogens is 8. The van der Waals surface area contributed by atoms with Gasteiger partial charge in [0.05, 0.1) is 0 Å². The van der Waals surface area contributed by atoms with Crippen LogP contribution in [0.4, 0.5) is 35.1 Å². The molecule has 0 unspecified atom stereocenters. The SMILES string of the molecule is CCCc1ccc(-c2ccc(OCC(F)(F)Oc3ccc(-c4cc(F)c(F)c(F)c4)c(F)c3)cc2)c(F)c1F. The summed E-state index contributed by atoms with van der Waals surface area (Å²) < 4.78 is 122. The van der Waals surface area contributed by atoms with Crippen LogP contribution in [0.5, 0.6) is 11.5 Å². The van der Waals surface area contributed by atoms with Gasteiger partial charge >= 0.3 is 6.11 Å². The van der Waals surface area contributed by atoms with Crippen molar-refractivity contribution in [3.63, 3.8) is 0 Å². The molecule has 0 fully saturated rings. The minimum atomic E-state index is -3.93. The topological polar surface area (TPSA) is 18.5 Å². The van der Waals surface area contributed by atoms with Crippen molar-refractivity contribution in [2.45, 2.75) is 25.9 Å². The second-order valence-corrected chi connectivity index (χ2v) is 8.60. The van der Waals surface area contributed by atoms with Gasteiger partial charge in [-0.05, 0) is 59.5 Å². The lowest BCUT2D eigenvalue weighted by Crippen LogP contribution is -2.32. The van der Waals surface area contributed by atoms with Gasteiger partial charge in [-0.25, -0.2) is 26.3 Å². The largest absolute Gasteiger partial charge is 0.483 e. The molecule has 0 amide bonds. The van der Waals surface area contributed by atoms with Crippen molar-refractivity contribution in [2.75, 3.05) is 6.61 Å². The zero-order chi connectivity index (χ0) is 28.3. The van der Waals surface area contributed by atoms with Gasteiger partial charge in [0.25, 0.3) is 0 Å². The number of hydrogen-bond acceptors (Lipinski definition) is 2. The van der Waals surface area contributed by atoms with Gasteiger partial charge in [0.2, 0.25) is 0 Å². The van der Waals surface area contributed by atoms with Crippen LogP contribution in [-0.2, 0) is 6.42 Å². The molecular formula is C29H20F8O2. The zero-order valence-corrected chi connectivity index (χ0v) is 20.3. The Morgan fingerprint density at radius 1 is 0.615 bits per heavy atom. The first-order valence-electron chi connectivity index (χ1n) is 11.7. The van der Waals surface area contributed by atoms with Crippen LogP contribution in [0, 0.1) is 34.9 Å². The molecule has 0 aliphatic carbocycles. The Bertz CT molecular complexity index is 1460. The summed E-state index contributed by atoms with van der Waals surface area (Å²) in [7, 11) is 0. The summed E-state index contributed by atoms with van der Waals surface area (Å²) in [5.74, 6) is -8.52. The van der Waals surface area contributed by atoms with Gasteiger partial charge in [0.15, 0.2) is 35.7 Å². The molecule has 39 heavy (non-hydrogen) atoms. The molecule has 204 valence electrons. The third kappa shape index (κ3) is 6.32. The highest BCUT2D eigenvalue weighted by Crippen LogP contribution is 2.32. The van der Waals surface area contributed by atoms with Gasteiger partial charge in [-0.2, -0.15) is 8.78 Å². The van der Waals surface area contributed by atoms with Gasteiger partial charge in [0, 0.05) is 17.2 Å². The van der Waals surface area contributed by atoms with Crippen LogP contribution in [0.25, 0.3) is 22.3 Å². The average Bonchev–Trinajstić information content (AvgIpc) is 2.89.